The van der Waals surface area contributed by atoms with E-state index in [-0.39, 0.29) is 5.91 Å². The molecule has 0 saturated heterocycles. The number of hydrogen-bond acceptors (Lipinski definition) is 3. The number of hydrogen-bond donors (Lipinski definition) is 2. The molecule has 1 aliphatic carbocycles. The number of quaternary nitrogens is 1. The van der Waals surface area contributed by atoms with E-state index in [2.05, 4.69) is 21.9 Å². The molecule has 1 saturated carbocycles. The van der Waals surface area contributed by atoms with Crippen LogP contribution in [0.2, 0.25) is 0 Å². The zero-order valence-corrected chi connectivity index (χ0v) is 15.4. The number of nitrogens with zero attached hydrogens (tertiary/aromatic N) is 2. The van der Waals surface area contributed by atoms with Crippen molar-refractivity contribution in [1.29, 1.82) is 0 Å². The van der Waals surface area contributed by atoms with E-state index in [9.17, 15) is 4.79 Å². The van der Waals surface area contributed by atoms with Gasteiger partial charge >= 0.3 is 0 Å². The third-order valence-electron chi connectivity index (χ3n) is 5.48. The summed E-state index contributed by atoms with van der Waals surface area (Å²) in [5, 5.41) is 9.70. The quantitative estimate of drug-likeness (QED) is 0.885. The number of anilines is 1. The summed E-state index contributed by atoms with van der Waals surface area (Å²) in [4.78, 5) is 15.6. The first kappa shape index (κ1) is 15.8. The number of carbonyl (C=O) groups is 1. The summed E-state index contributed by atoms with van der Waals surface area (Å²) in [6.45, 7) is 5.55. The fraction of sp³-hybridized carbons (Fsp3) is 0.556. The molecule has 1 fully saturated rings. The molecule has 2 aliphatic rings. The van der Waals surface area contributed by atoms with Gasteiger partial charge in [0.15, 0.2) is 6.54 Å². The molecule has 128 valence electrons. The van der Waals surface area contributed by atoms with E-state index in [4.69, 9.17) is 0 Å². The number of amides is 1. The Morgan fingerprint density at radius 1 is 1.46 bits per heavy atom. The second-order valence-corrected chi connectivity index (χ2v) is 8.17. The average molecular weight is 345 g/mol. The smallest absolute Gasteiger partial charge is 0.279 e. The Morgan fingerprint density at radius 2 is 2.25 bits per heavy atom. The first-order valence-electron chi connectivity index (χ1n) is 8.75. The van der Waals surface area contributed by atoms with Crippen LogP contribution in [0.25, 0.3) is 0 Å². The van der Waals surface area contributed by atoms with Crippen molar-refractivity contribution in [2.24, 2.45) is 13.0 Å². The van der Waals surface area contributed by atoms with E-state index >= 15 is 0 Å². The van der Waals surface area contributed by atoms with Gasteiger partial charge in [-0.05, 0) is 38.1 Å². The lowest BCUT2D eigenvalue weighted by Crippen LogP contribution is -3.14. The normalized spacial score (nSPS) is 23.1. The average Bonchev–Trinajstić information content (AvgIpc) is 3.22. The van der Waals surface area contributed by atoms with E-state index in [0.29, 0.717) is 12.6 Å². The maximum absolute atomic E-state index is 12.7. The van der Waals surface area contributed by atoms with Crippen LogP contribution in [0.3, 0.4) is 0 Å². The van der Waals surface area contributed by atoms with Crippen LogP contribution in [-0.4, -0.2) is 28.8 Å². The van der Waals surface area contributed by atoms with Crippen LogP contribution in [0.5, 0.6) is 0 Å². The van der Waals surface area contributed by atoms with Gasteiger partial charge in [0.1, 0.15) is 6.04 Å². The van der Waals surface area contributed by atoms with Crippen molar-refractivity contribution in [3.05, 3.63) is 33.3 Å². The Morgan fingerprint density at radius 3 is 2.92 bits per heavy atom. The van der Waals surface area contributed by atoms with Gasteiger partial charge in [-0.25, -0.2) is 0 Å². The third-order valence-corrected chi connectivity index (χ3v) is 6.48. The first-order chi connectivity index (χ1) is 11.5. The highest BCUT2D eigenvalue weighted by molar-refractivity contribution is 7.10. The number of thiophene rings is 1. The van der Waals surface area contributed by atoms with Crippen LogP contribution < -0.4 is 10.2 Å². The topological polar surface area (TPSA) is 51.4 Å². The summed E-state index contributed by atoms with van der Waals surface area (Å²) in [6, 6.07) is 2.80. The Kier molecular flexibility index (Phi) is 3.96. The minimum atomic E-state index is 0.105. The molecular weight excluding hydrogens is 320 g/mol. The second kappa shape index (κ2) is 6.01. The number of rotatable bonds is 4. The van der Waals surface area contributed by atoms with Crippen molar-refractivity contribution in [3.63, 3.8) is 0 Å². The highest BCUT2D eigenvalue weighted by Gasteiger charge is 2.43. The van der Waals surface area contributed by atoms with E-state index in [1.54, 1.807) is 0 Å². The molecular formula is C18H25N4OS+. The standard InChI is InChI=1S/C18H24N4OS/c1-11-17(12(2)21(3)20-11)19-16(23)10-22-8-6-15-14(7-9-24-15)18(22)13-4-5-13/h7,9,13,18H,4-6,8,10H2,1-3H3,(H,19,23)/p+1/t18-/m1/s1. The summed E-state index contributed by atoms with van der Waals surface area (Å²) in [6.07, 6.45) is 3.72. The van der Waals surface area contributed by atoms with Crippen molar-refractivity contribution >= 4 is 22.9 Å². The molecule has 2 aromatic rings. The molecule has 2 N–H and O–H groups in total. The Bertz CT molecular complexity index is 774. The van der Waals surface area contributed by atoms with Crippen LogP contribution in [0.1, 0.15) is 40.7 Å². The maximum Gasteiger partial charge on any atom is 0.279 e. The number of fused-ring (bicyclic) bond motifs is 1. The van der Waals surface area contributed by atoms with E-state index < -0.39 is 0 Å². The van der Waals surface area contributed by atoms with E-state index in [1.807, 2.05) is 36.9 Å². The number of aryl methyl sites for hydroxylation is 2. The zero-order valence-electron chi connectivity index (χ0n) is 14.6. The highest BCUT2D eigenvalue weighted by atomic mass is 32.1. The van der Waals surface area contributed by atoms with Crippen molar-refractivity contribution in [2.75, 3.05) is 18.4 Å². The monoisotopic (exact) mass is 345 g/mol. The summed E-state index contributed by atoms with van der Waals surface area (Å²) in [5.41, 5.74) is 4.27. The fourth-order valence-corrected chi connectivity index (χ4v) is 4.97. The van der Waals surface area contributed by atoms with E-state index in [0.717, 1.165) is 36.0 Å². The van der Waals surface area contributed by atoms with Gasteiger partial charge < -0.3 is 10.2 Å². The van der Waals surface area contributed by atoms with Gasteiger partial charge in [-0.2, -0.15) is 5.10 Å². The summed E-state index contributed by atoms with van der Waals surface area (Å²) >= 11 is 1.88. The zero-order chi connectivity index (χ0) is 16.8. The van der Waals surface area contributed by atoms with Crippen LogP contribution in [0.15, 0.2) is 11.4 Å². The van der Waals surface area contributed by atoms with Crippen molar-refractivity contribution in [1.82, 2.24) is 9.78 Å². The van der Waals surface area contributed by atoms with Crippen molar-refractivity contribution < 1.29 is 9.69 Å². The molecule has 24 heavy (non-hydrogen) atoms. The lowest BCUT2D eigenvalue weighted by atomic mass is 9.96. The third kappa shape index (κ3) is 2.78. The predicted octanol–water partition coefficient (Wildman–Crippen LogP) is 1.63. The fourth-order valence-electron chi connectivity index (χ4n) is 4.04. The summed E-state index contributed by atoms with van der Waals surface area (Å²) < 4.78 is 1.82. The Balaban J connectivity index is 1.49. The number of aromatic nitrogens is 2. The number of carbonyl (C=O) groups excluding carboxylic acids is 1. The van der Waals surface area contributed by atoms with Crippen molar-refractivity contribution in [2.45, 2.75) is 39.2 Å². The van der Waals surface area contributed by atoms with Crippen LogP contribution in [0, 0.1) is 19.8 Å². The Hall–Kier alpha value is -1.66. The Labute approximate surface area is 146 Å². The molecule has 3 heterocycles. The molecule has 5 nitrogen and oxygen atoms in total. The minimum absolute atomic E-state index is 0.105. The summed E-state index contributed by atoms with van der Waals surface area (Å²) in [5.74, 6) is 0.872. The second-order valence-electron chi connectivity index (χ2n) is 7.17. The molecule has 0 radical (unpaired) electrons. The number of nitrogens with one attached hydrogen (secondary N) is 2. The van der Waals surface area contributed by atoms with Crippen LogP contribution in [-0.2, 0) is 18.3 Å². The van der Waals surface area contributed by atoms with Gasteiger partial charge in [0.25, 0.3) is 5.91 Å². The first-order valence-corrected chi connectivity index (χ1v) is 9.63. The molecule has 4 rings (SSSR count). The van der Waals surface area contributed by atoms with Gasteiger partial charge in [-0.1, -0.05) is 0 Å². The molecule has 1 unspecified atom stereocenters. The maximum atomic E-state index is 12.7. The van der Waals surface area contributed by atoms with Gasteiger partial charge in [-0.3, -0.25) is 9.48 Å². The summed E-state index contributed by atoms with van der Waals surface area (Å²) in [7, 11) is 1.91. The molecule has 6 heteroatoms. The minimum Gasteiger partial charge on any atom is -0.320 e. The lowest BCUT2D eigenvalue weighted by Gasteiger charge is -2.32. The van der Waals surface area contributed by atoms with Gasteiger partial charge in [0.2, 0.25) is 0 Å². The van der Waals surface area contributed by atoms with Crippen LogP contribution >= 0.6 is 11.3 Å². The molecule has 0 spiro atoms. The largest absolute Gasteiger partial charge is 0.320 e. The van der Waals surface area contributed by atoms with Crippen LogP contribution in [0.4, 0.5) is 5.69 Å². The molecule has 1 amide bonds. The van der Waals surface area contributed by atoms with Gasteiger partial charge in [0.05, 0.1) is 23.6 Å². The molecule has 0 bridgehead atoms. The molecule has 2 atom stereocenters. The molecule has 0 aromatic carbocycles. The SMILES string of the molecule is Cc1nn(C)c(C)c1NC(=O)C[NH+]1CCc2sccc2[C@H]1C1CC1. The van der Waals surface area contributed by atoms with Gasteiger partial charge in [0, 0.05) is 29.8 Å². The predicted molar refractivity (Wildman–Crippen MR) is 95.5 cm³/mol. The van der Waals surface area contributed by atoms with E-state index in [1.165, 1.54) is 28.2 Å². The lowest BCUT2D eigenvalue weighted by molar-refractivity contribution is -0.928. The molecule has 2 aromatic heterocycles. The molecule has 1 aliphatic heterocycles. The van der Waals surface area contributed by atoms with Gasteiger partial charge in [-0.15, -0.1) is 11.3 Å². The van der Waals surface area contributed by atoms with Crippen molar-refractivity contribution in [3.8, 4) is 0 Å². The highest BCUT2D eigenvalue weighted by Crippen LogP contribution is 2.42.